The fraction of sp³-hybridized carbons (Fsp3) is 0.0536. The number of nitrogens with zero attached hydrogens (tertiary/aromatic N) is 3. The molecule has 2 heterocycles. The van der Waals surface area contributed by atoms with Gasteiger partial charge in [0, 0.05) is 34.5 Å². The highest BCUT2D eigenvalue weighted by Crippen LogP contribution is 2.54. The van der Waals surface area contributed by atoms with E-state index >= 15 is 0 Å². The van der Waals surface area contributed by atoms with Crippen LogP contribution in [-0.4, -0.2) is 15.0 Å². The number of benzene rings is 8. The molecule has 3 heteroatoms. The first-order valence-corrected chi connectivity index (χ1v) is 20.3. The summed E-state index contributed by atoms with van der Waals surface area (Å²) in [7, 11) is 0. The molecule has 1 aliphatic carbocycles. The molecule has 0 amide bonds. The van der Waals surface area contributed by atoms with Crippen LogP contribution in [0.15, 0.2) is 200 Å². The molecule has 0 atom stereocenters. The SMILES string of the molecule is CC1(C)c2c(-c3ccc(-c4ccc(-c5nc(-c6ccccc6)cc(-c6ccc(-c7cccnc7)cc6)n5)c5ccccc45)cc3)cccc2-c2ccc3ccccc3c21. The van der Waals surface area contributed by atoms with Crippen molar-refractivity contribution in [2.45, 2.75) is 19.3 Å². The standard InChI is InChI=1S/C56H39N3/c1-56(2)53-45(19-10-20-48(53)49-30-29-37-12-6-7-16-44(37)54(49)56)39-25-23-38(24-26-39)43-31-32-50(47-18-9-8-17-46(43)47)55-58-51(40-13-4-3-5-14-40)34-52(59-55)41-27-21-36(22-28-41)42-15-11-33-57-35-42/h3-35H,1-2H3. The minimum Gasteiger partial charge on any atom is -0.264 e. The van der Waals surface area contributed by atoms with Crippen LogP contribution >= 0.6 is 0 Å². The van der Waals surface area contributed by atoms with Gasteiger partial charge in [-0.15, -0.1) is 0 Å². The Morgan fingerprint density at radius 3 is 1.63 bits per heavy atom. The first kappa shape index (κ1) is 34.7. The van der Waals surface area contributed by atoms with Crippen molar-refractivity contribution < 1.29 is 0 Å². The molecule has 11 rings (SSSR count). The number of hydrogen-bond acceptors (Lipinski definition) is 3. The first-order chi connectivity index (χ1) is 29.0. The Balaban J connectivity index is 0.984. The molecule has 0 radical (unpaired) electrons. The number of rotatable bonds is 6. The van der Waals surface area contributed by atoms with E-state index in [0.29, 0.717) is 5.82 Å². The van der Waals surface area contributed by atoms with Gasteiger partial charge in [0.25, 0.3) is 0 Å². The lowest BCUT2D eigenvalue weighted by Gasteiger charge is -2.26. The van der Waals surface area contributed by atoms with Gasteiger partial charge in [-0.05, 0) is 95.4 Å². The van der Waals surface area contributed by atoms with E-state index in [2.05, 4.69) is 195 Å². The zero-order chi connectivity index (χ0) is 39.5. The lowest BCUT2D eigenvalue weighted by atomic mass is 9.77. The Kier molecular flexibility index (Phi) is 8.16. The zero-order valence-electron chi connectivity index (χ0n) is 32.9. The maximum Gasteiger partial charge on any atom is 0.161 e. The fourth-order valence-electron chi connectivity index (χ4n) is 9.40. The quantitative estimate of drug-likeness (QED) is 0.170. The second-order valence-corrected chi connectivity index (χ2v) is 16.0. The molecule has 0 bridgehead atoms. The Morgan fingerprint density at radius 2 is 0.898 bits per heavy atom. The summed E-state index contributed by atoms with van der Waals surface area (Å²) in [6.45, 7) is 4.77. The van der Waals surface area contributed by atoms with Gasteiger partial charge in [0.2, 0.25) is 0 Å². The van der Waals surface area contributed by atoms with E-state index in [1.165, 1.54) is 55.3 Å². The van der Waals surface area contributed by atoms with Crippen molar-refractivity contribution in [3.8, 4) is 78.4 Å². The molecule has 0 spiro atoms. The number of pyridine rings is 1. The Hall–Kier alpha value is -7.49. The van der Waals surface area contributed by atoms with E-state index in [0.717, 1.165) is 50.0 Å². The van der Waals surface area contributed by atoms with Crippen molar-refractivity contribution in [2.75, 3.05) is 0 Å². The predicted molar refractivity (Wildman–Crippen MR) is 245 cm³/mol. The number of hydrogen-bond donors (Lipinski definition) is 0. The molecule has 2 aromatic heterocycles. The first-order valence-electron chi connectivity index (χ1n) is 20.3. The van der Waals surface area contributed by atoms with Gasteiger partial charge in [0.15, 0.2) is 5.82 Å². The Labute approximate surface area is 344 Å². The topological polar surface area (TPSA) is 38.7 Å². The van der Waals surface area contributed by atoms with Gasteiger partial charge in [-0.25, -0.2) is 9.97 Å². The smallest absolute Gasteiger partial charge is 0.161 e. The van der Waals surface area contributed by atoms with Crippen LogP contribution < -0.4 is 0 Å². The van der Waals surface area contributed by atoms with Crippen LogP contribution in [0.4, 0.5) is 0 Å². The van der Waals surface area contributed by atoms with E-state index in [1.807, 2.05) is 18.3 Å². The largest absolute Gasteiger partial charge is 0.264 e. The van der Waals surface area contributed by atoms with Crippen molar-refractivity contribution in [1.82, 2.24) is 15.0 Å². The van der Waals surface area contributed by atoms with Crippen LogP contribution in [-0.2, 0) is 5.41 Å². The monoisotopic (exact) mass is 753 g/mol. The summed E-state index contributed by atoms with van der Waals surface area (Å²) < 4.78 is 0. The highest BCUT2D eigenvalue weighted by Gasteiger charge is 2.38. The van der Waals surface area contributed by atoms with Gasteiger partial charge < -0.3 is 0 Å². The van der Waals surface area contributed by atoms with Crippen molar-refractivity contribution in [3.05, 3.63) is 212 Å². The summed E-state index contributed by atoms with van der Waals surface area (Å²) in [4.78, 5) is 14.8. The van der Waals surface area contributed by atoms with Crippen LogP contribution in [0.2, 0.25) is 0 Å². The molecule has 59 heavy (non-hydrogen) atoms. The highest BCUT2D eigenvalue weighted by atomic mass is 14.9. The molecule has 0 unspecified atom stereocenters. The van der Waals surface area contributed by atoms with Crippen LogP contribution in [0.1, 0.15) is 25.0 Å². The van der Waals surface area contributed by atoms with Gasteiger partial charge in [-0.2, -0.15) is 0 Å². The molecule has 0 N–H and O–H groups in total. The number of fused-ring (bicyclic) bond motifs is 6. The third kappa shape index (κ3) is 5.85. The third-order valence-electron chi connectivity index (χ3n) is 12.2. The number of aromatic nitrogens is 3. The molecule has 10 aromatic rings. The molecular formula is C56H39N3. The highest BCUT2D eigenvalue weighted by molar-refractivity contribution is 6.05. The molecule has 278 valence electrons. The summed E-state index contributed by atoms with van der Waals surface area (Å²) in [5.41, 5.74) is 17.3. The molecule has 0 aliphatic heterocycles. The van der Waals surface area contributed by atoms with Crippen molar-refractivity contribution in [3.63, 3.8) is 0 Å². The molecule has 1 aliphatic rings. The second-order valence-electron chi connectivity index (χ2n) is 16.0. The maximum atomic E-state index is 5.25. The van der Waals surface area contributed by atoms with E-state index < -0.39 is 0 Å². The average Bonchev–Trinajstić information content (AvgIpc) is 3.55. The van der Waals surface area contributed by atoms with Gasteiger partial charge >= 0.3 is 0 Å². The lowest BCUT2D eigenvalue weighted by Crippen LogP contribution is -2.16. The molecule has 8 aromatic carbocycles. The normalized spacial score (nSPS) is 12.7. The van der Waals surface area contributed by atoms with Gasteiger partial charge in [0.05, 0.1) is 11.4 Å². The Morgan fingerprint density at radius 1 is 0.356 bits per heavy atom. The minimum absolute atomic E-state index is 0.143. The third-order valence-corrected chi connectivity index (χ3v) is 12.2. The van der Waals surface area contributed by atoms with Crippen LogP contribution in [0.25, 0.3) is 100.0 Å². The van der Waals surface area contributed by atoms with E-state index in [1.54, 1.807) is 6.20 Å². The summed E-state index contributed by atoms with van der Waals surface area (Å²) >= 11 is 0. The summed E-state index contributed by atoms with van der Waals surface area (Å²) in [5, 5.41) is 4.91. The van der Waals surface area contributed by atoms with Crippen molar-refractivity contribution in [1.29, 1.82) is 0 Å². The van der Waals surface area contributed by atoms with Crippen LogP contribution in [0.3, 0.4) is 0 Å². The van der Waals surface area contributed by atoms with Crippen molar-refractivity contribution >= 4 is 21.5 Å². The van der Waals surface area contributed by atoms with Crippen LogP contribution in [0.5, 0.6) is 0 Å². The molecular weight excluding hydrogens is 715 g/mol. The van der Waals surface area contributed by atoms with Gasteiger partial charge in [-0.3, -0.25) is 4.98 Å². The molecule has 0 saturated carbocycles. The lowest BCUT2D eigenvalue weighted by molar-refractivity contribution is 0.668. The summed E-state index contributed by atoms with van der Waals surface area (Å²) in [5.74, 6) is 0.699. The molecule has 0 saturated heterocycles. The van der Waals surface area contributed by atoms with Crippen LogP contribution in [0, 0.1) is 0 Å². The van der Waals surface area contributed by atoms with Crippen molar-refractivity contribution in [2.24, 2.45) is 0 Å². The predicted octanol–water partition coefficient (Wildman–Crippen LogP) is 14.5. The summed E-state index contributed by atoms with van der Waals surface area (Å²) in [6.07, 6.45) is 3.69. The zero-order valence-corrected chi connectivity index (χ0v) is 32.9. The Bertz CT molecular complexity index is 3200. The van der Waals surface area contributed by atoms with E-state index in [-0.39, 0.29) is 5.41 Å². The van der Waals surface area contributed by atoms with E-state index in [4.69, 9.17) is 9.97 Å². The molecule has 3 nitrogen and oxygen atoms in total. The van der Waals surface area contributed by atoms with Gasteiger partial charge in [0.1, 0.15) is 0 Å². The summed E-state index contributed by atoms with van der Waals surface area (Å²) in [6, 6.07) is 67.5. The fourth-order valence-corrected chi connectivity index (χ4v) is 9.40. The second kappa shape index (κ2) is 13.9. The van der Waals surface area contributed by atoms with E-state index in [9.17, 15) is 0 Å². The molecule has 0 fully saturated rings. The minimum atomic E-state index is -0.143. The van der Waals surface area contributed by atoms with Gasteiger partial charge in [-0.1, -0.05) is 184 Å². The maximum absolute atomic E-state index is 5.25. The average molecular weight is 754 g/mol.